The van der Waals surface area contributed by atoms with Crippen molar-refractivity contribution in [1.82, 2.24) is 14.9 Å². The first kappa shape index (κ1) is 16.8. The molecular weight excluding hydrogens is 324 g/mol. The molecule has 25 heavy (non-hydrogen) atoms. The molecule has 8 heteroatoms. The van der Waals surface area contributed by atoms with Gasteiger partial charge in [0.15, 0.2) is 11.5 Å². The summed E-state index contributed by atoms with van der Waals surface area (Å²) < 4.78 is 10.7. The lowest BCUT2D eigenvalue weighted by Gasteiger charge is -2.30. The maximum absolute atomic E-state index is 12.9. The Morgan fingerprint density at radius 3 is 2.48 bits per heavy atom. The number of esters is 1. The van der Waals surface area contributed by atoms with E-state index in [1.54, 1.807) is 29.2 Å². The molecule has 2 heterocycles. The van der Waals surface area contributed by atoms with Crippen molar-refractivity contribution in [1.29, 1.82) is 0 Å². The van der Waals surface area contributed by atoms with Crippen molar-refractivity contribution >= 4 is 17.7 Å². The van der Waals surface area contributed by atoms with E-state index in [-0.39, 0.29) is 17.4 Å². The van der Waals surface area contributed by atoms with Crippen LogP contribution in [0.4, 0.5) is 5.82 Å². The van der Waals surface area contributed by atoms with E-state index < -0.39 is 12.1 Å². The minimum Gasteiger partial charge on any atom is -0.442 e. The second-order valence-corrected chi connectivity index (χ2v) is 5.42. The predicted molar refractivity (Wildman–Crippen MR) is 88.4 cm³/mol. The van der Waals surface area contributed by atoms with E-state index in [4.69, 9.17) is 15.2 Å². The Morgan fingerprint density at radius 1 is 1.12 bits per heavy atom. The molecule has 1 aromatic carbocycles. The maximum atomic E-state index is 12.9. The zero-order valence-corrected chi connectivity index (χ0v) is 13.5. The number of hydrogen-bond acceptors (Lipinski definition) is 7. The molecule has 0 unspecified atom stereocenters. The molecule has 1 fully saturated rings. The lowest BCUT2D eigenvalue weighted by molar-refractivity contribution is -0.145. The quantitative estimate of drug-likeness (QED) is 0.819. The molecule has 3 rings (SSSR count). The number of amides is 1. The molecule has 0 saturated carbocycles. The summed E-state index contributed by atoms with van der Waals surface area (Å²) in [7, 11) is 0. The van der Waals surface area contributed by atoms with Crippen LogP contribution in [0.3, 0.4) is 0 Å². The Hall–Kier alpha value is -3.00. The standard InChI is InChI=1S/C17H18N4O4/c18-15-13(19-6-7-20-15)17(23)25-14(12-4-2-1-3-5-12)16(22)21-8-10-24-11-9-21/h1-7,14H,8-11H2,(H2,18,20)/t14-/m1/s1. The summed E-state index contributed by atoms with van der Waals surface area (Å²) in [5, 5.41) is 0. The molecule has 0 bridgehead atoms. The average molecular weight is 342 g/mol. The molecule has 1 aliphatic heterocycles. The summed E-state index contributed by atoms with van der Waals surface area (Å²) in [5.41, 5.74) is 6.13. The fraction of sp³-hybridized carbons (Fsp3) is 0.294. The van der Waals surface area contributed by atoms with Crippen molar-refractivity contribution in [2.45, 2.75) is 6.10 Å². The fourth-order valence-electron chi connectivity index (χ4n) is 2.51. The van der Waals surface area contributed by atoms with Gasteiger partial charge in [-0.1, -0.05) is 30.3 Å². The number of ether oxygens (including phenoxy) is 2. The lowest BCUT2D eigenvalue weighted by Crippen LogP contribution is -2.44. The van der Waals surface area contributed by atoms with Gasteiger partial charge in [0.05, 0.1) is 13.2 Å². The van der Waals surface area contributed by atoms with Crippen LogP contribution in [0.1, 0.15) is 22.2 Å². The molecular formula is C17H18N4O4. The minimum atomic E-state index is -1.08. The van der Waals surface area contributed by atoms with E-state index in [0.29, 0.717) is 31.9 Å². The number of hydrogen-bond donors (Lipinski definition) is 1. The molecule has 1 aliphatic rings. The van der Waals surface area contributed by atoms with Crippen molar-refractivity contribution in [3.63, 3.8) is 0 Å². The second kappa shape index (κ2) is 7.71. The van der Waals surface area contributed by atoms with Crippen molar-refractivity contribution in [2.24, 2.45) is 0 Å². The van der Waals surface area contributed by atoms with Gasteiger partial charge in [-0.05, 0) is 0 Å². The summed E-state index contributed by atoms with van der Waals surface area (Å²) in [5.74, 6) is -1.13. The zero-order chi connectivity index (χ0) is 17.6. The number of nitrogens with zero attached hydrogens (tertiary/aromatic N) is 3. The van der Waals surface area contributed by atoms with Gasteiger partial charge < -0.3 is 20.1 Å². The number of aromatic nitrogens is 2. The molecule has 1 amide bonds. The summed E-state index contributed by atoms with van der Waals surface area (Å²) in [6, 6.07) is 8.84. The highest BCUT2D eigenvalue weighted by molar-refractivity contribution is 5.94. The normalized spacial score (nSPS) is 15.4. The van der Waals surface area contributed by atoms with Crippen molar-refractivity contribution < 1.29 is 19.1 Å². The minimum absolute atomic E-state index is 0.0434. The molecule has 1 aromatic heterocycles. The third kappa shape index (κ3) is 3.92. The molecule has 1 saturated heterocycles. The van der Waals surface area contributed by atoms with Gasteiger partial charge in [-0.3, -0.25) is 4.79 Å². The monoisotopic (exact) mass is 342 g/mol. The van der Waals surface area contributed by atoms with Crippen LogP contribution in [-0.2, 0) is 14.3 Å². The smallest absolute Gasteiger partial charge is 0.361 e. The first-order valence-electron chi connectivity index (χ1n) is 7.86. The van der Waals surface area contributed by atoms with Crippen LogP contribution in [-0.4, -0.2) is 53.0 Å². The van der Waals surface area contributed by atoms with Gasteiger partial charge in [0.2, 0.25) is 6.10 Å². The third-order valence-electron chi connectivity index (χ3n) is 3.79. The van der Waals surface area contributed by atoms with E-state index >= 15 is 0 Å². The fourth-order valence-corrected chi connectivity index (χ4v) is 2.51. The molecule has 2 N–H and O–H groups in total. The van der Waals surface area contributed by atoms with E-state index in [0.717, 1.165) is 0 Å². The van der Waals surface area contributed by atoms with Gasteiger partial charge in [0.25, 0.3) is 5.91 Å². The number of morpholine rings is 1. The van der Waals surface area contributed by atoms with Crippen molar-refractivity contribution in [3.05, 3.63) is 54.0 Å². The zero-order valence-electron chi connectivity index (χ0n) is 13.5. The van der Waals surface area contributed by atoms with Crippen molar-refractivity contribution in [2.75, 3.05) is 32.0 Å². The Labute approximate surface area is 144 Å². The highest BCUT2D eigenvalue weighted by Crippen LogP contribution is 2.23. The van der Waals surface area contributed by atoms with Gasteiger partial charge >= 0.3 is 5.97 Å². The summed E-state index contributed by atoms with van der Waals surface area (Å²) >= 11 is 0. The number of carbonyl (C=O) groups is 2. The summed E-state index contributed by atoms with van der Waals surface area (Å²) in [6.07, 6.45) is 1.64. The van der Waals surface area contributed by atoms with Gasteiger partial charge in [-0.15, -0.1) is 0 Å². The van der Waals surface area contributed by atoms with Crippen LogP contribution in [0, 0.1) is 0 Å². The molecule has 8 nitrogen and oxygen atoms in total. The number of nitrogens with two attached hydrogens (primary N) is 1. The predicted octanol–water partition coefficient (Wildman–Crippen LogP) is 0.816. The molecule has 2 aromatic rings. The molecule has 130 valence electrons. The summed E-state index contributed by atoms with van der Waals surface area (Å²) in [4.78, 5) is 34.6. The number of benzene rings is 1. The van der Waals surface area contributed by atoms with Crippen LogP contribution >= 0.6 is 0 Å². The Kier molecular flexibility index (Phi) is 5.20. The van der Waals surface area contributed by atoms with Crippen LogP contribution in [0.2, 0.25) is 0 Å². The van der Waals surface area contributed by atoms with E-state index in [1.807, 2.05) is 6.07 Å². The SMILES string of the molecule is Nc1nccnc1C(=O)O[C@@H](C(=O)N1CCOCC1)c1ccccc1. The van der Waals surface area contributed by atoms with E-state index in [9.17, 15) is 9.59 Å². The van der Waals surface area contributed by atoms with Crippen LogP contribution in [0.5, 0.6) is 0 Å². The highest BCUT2D eigenvalue weighted by Gasteiger charge is 2.31. The molecule has 0 radical (unpaired) electrons. The van der Waals surface area contributed by atoms with Crippen LogP contribution < -0.4 is 5.73 Å². The Bertz CT molecular complexity index is 747. The number of nitrogen functional groups attached to an aromatic ring is 1. The summed E-state index contributed by atoms with van der Waals surface area (Å²) in [6.45, 7) is 1.82. The lowest BCUT2D eigenvalue weighted by atomic mass is 10.1. The number of rotatable bonds is 4. The van der Waals surface area contributed by atoms with Gasteiger partial charge in [0, 0.05) is 31.0 Å². The largest absolute Gasteiger partial charge is 0.442 e. The third-order valence-corrected chi connectivity index (χ3v) is 3.79. The van der Waals surface area contributed by atoms with Crippen LogP contribution in [0.25, 0.3) is 0 Å². The Balaban J connectivity index is 1.85. The number of carbonyl (C=O) groups excluding carboxylic acids is 2. The van der Waals surface area contributed by atoms with E-state index in [1.165, 1.54) is 12.4 Å². The second-order valence-electron chi connectivity index (χ2n) is 5.42. The first-order valence-corrected chi connectivity index (χ1v) is 7.86. The molecule has 1 atom stereocenters. The topological polar surface area (TPSA) is 108 Å². The Morgan fingerprint density at radius 2 is 1.80 bits per heavy atom. The van der Waals surface area contributed by atoms with Crippen molar-refractivity contribution in [3.8, 4) is 0 Å². The average Bonchev–Trinajstić information content (AvgIpc) is 2.67. The van der Waals surface area contributed by atoms with Gasteiger partial charge in [-0.2, -0.15) is 0 Å². The van der Waals surface area contributed by atoms with Gasteiger partial charge in [0.1, 0.15) is 0 Å². The maximum Gasteiger partial charge on any atom is 0.361 e. The first-order chi connectivity index (χ1) is 12.2. The number of anilines is 1. The van der Waals surface area contributed by atoms with Crippen LogP contribution in [0.15, 0.2) is 42.7 Å². The van der Waals surface area contributed by atoms with Gasteiger partial charge in [-0.25, -0.2) is 14.8 Å². The highest BCUT2D eigenvalue weighted by atomic mass is 16.5. The van der Waals surface area contributed by atoms with E-state index in [2.05, 4.69) is 9.97 Å². The molecule has 0 aliphatic carbocycles. The molecule has 0 spiro atoms.